The number of hydrogen-bond donors (Lipinski definition) is 1. The van der Waals surface area contributed by atoms with E-state index in [1.807, 2.05) is 60.7 Å². The highest BCUT2D eigenvalue weighted by Gasteiger charge is 2.07. The number of methoxy groups -OCH3 is 1. The Morgan fingerprint density at radius 1 is 0.793 bits per heavy atom. The first-order valence-corrected chi connectivity index (χ1v) is 9.37. The number of fused-ring (bicyclic) bond motifs is 1. The molecule has 0 atom stereocenters. The standard InChI is InChI=1S/C25H21NO3/c1-28-23-14-11-22(12-15-23)26-25(27)20-8-6-18(7-9-20)17-29-24-13-10-19-4-2-3-5-21(19)16-24/h2-16H,17H2,1H3,(H,26,27). The minimum atomic E-state index is -0.155. The van der Waals surface area contributed by atoms with E-state index < -0.39 is 0 Å². The highest BCUT2D eigenvalue weighted by atomic mass is 16.5. The minimum absolute atomic E-state index is 0.155. The summed E-state index contributed by atoms with van der Waals surface area (Å²) in [5.74, 6) is 1.42. The summed E-state index contributed by atoms with van der Waals surface area (Å²) in [7, 11) is 1.61. The first kappa shape index (κ1) is 18.6. The van der Waals surface area contributed by atoms with Gasteiger partial charge in [-0.2, -0.15) is 0 Å². The molecule has 4 heteroatoms. The van der Waals surface area contributed by atoms with Gasteiger partial charge in [-0.05, 0) is 64.9 Å². The van der Waals surface area contributed by atoms with E-state index in [0.717, 1.165) is 28.1 Å². The zero-order chi connectivity index (χ0) is 20.1. The average Bonchev–Trinajstić information content (AvgIpc) is 2.78. The maximum absolute atomic E-state index is 12.4. The highest BCUT2D eigenvalue weighted by molar-refractivity contribution is 6.04. The van der Waals surface area contributed by atoms with Crippen molar-refractivity contribution >= 4 is 22.4 Å². The molecule has 0 spiro atoms. The third kappa shape index (κ3) is 4.55. The molecule has 0 bridgehead atoms. The summed E-state index contributed by atoms with van der Waals surface area (Å²) in [5.41, 5.74) is 2.31. The van der Waals surface area contributed by atoms with E-state index in [9.17, 15) is 4.79 Å². The quantitative estimate of drug-likeness (QED) is 0.466. The number of carbonyl (C=O) groups excluding carboxylic acids is 1. The van der Waals surface area contributed by atoms with Gasteiger partial charge >= 0.3 is 0 Å². The van der Waals surface area contributed by atoms with Crippen molar-refractivity contribution < 1.29 is 14.3 Å². The fourth-order valence-electron chi connectivity index (χ4n) is 3.05. The molecule has 4 rings (SSSR count). The van der Waals surface area contributed by atoms with E-state index >= 15 is 0 Å². The molecular weight excluding hydrogens is 362 g/mol. The molecule has 1 amide bonds. The molecule has 29 heavy (non-hydrogen) atoms. The second kappa shape index (κ2) is 8.48. The van der Waals surface area contributed by atoms with Crippen LogP contribution < -0.4 is 14.8 Å². The third-order valence-corrected chi connectivity index (χ3v) is 4.69. The maximum atomic E-state index is 12.4. The van der Waals surface area contributed by atoms with Crippen molar-refractivity contribution in [3.63, 3.8) is 0 Å². The number of carbonyl (C=O) groups is 1. The lowest BCUT2D eigenvalue weighted by atomic mass is 10.1. The molecule has 0 fully saturated rings. The van der Waals surface area contributed by atoms with Crippen molar-refractivity contribution in [1.82, 2.24) is 0 Å². The smallest absolute Gasteiger partial charge is 0.255 e. The Morgan fingerprint density at radius 2 is 1.48 bits per heavy atom. The van der Waals surface area contributed by atoms with Gasteiger partial charge in [0.2, 0.25) is 0 Å². The topological polar surface area (TPSA) is 47.6 Å². The van der Waals surface area contributed by atoms with E-state index in [1.165, 1.54) is 5.39 Å². The Morgan fingerprint density at radius 3 is 2.21 bits per heavy atom. The van der Waals surface area contributed by atoms with Crippen LogP contribution in [-0.4, -0.2) is 13.0 Å². The number of benzene rings is 4. The van der Waals surface area contributed by atoms with Crippen molar-refractivity contribution in [3.05, 3.63) is 102 Å². The molecule has 4 nitrogen and oxygen atoms in total. The van der Waals surface area contributed by atoms with Crippen LogP contribution in [0.3, 0.4) is 0 Å². The average molecular weight is 383 g/mol. The van der Waals surface area contributed by atoms with Gasteiger partial charge in [0.25, 0.3) is 5.91 Å². The molecule has 0 heterocycles. The number of nitrogens with one attached hydrogen (secondary N) is 1. The van der Waals surface area contributed by atoms with Crippen LogP contribution >= 0.6 is 0 Å². The number of ether oxygens (including phenoxy) is 2. The predicted octanol–water partition coefficient (Wildman–Crippen LogP) is 5.68. The van der Waals surface area contributed by atoms with E-state index in [4.69, 9.17) is 9.47 Å². The molecule has 0 radical (unpaired) electrons. The number of rotatable bonds is 6. The van der Waals surface area contributed by atoms with Gasteiger partial charge in [-0.15, -0.1) is 0 Å². The largest absolute Gasteiger partial charge is 0.497 e. The van der Waals surface area contributed by atoms with Gasteiger partial charge in [-0.1, -0.05) is 42.5 Å². The summed E-state index contributed by atoms with van der Waals surface area (Å²) >= 11 is 0. The molecule has 1 N–H and O–H groups in total. The summed E-state index contributed by atoms with van der Waals surface area (Å²) in [5, 5.41) is 5.21. The normalized spacial score (nSPS) is 10.5. The van der Waals surface area contributed by atoms with Crippen LogP contribution in [0.4, 0.5) is 5.69 Å². The van der Waals surface area contributed by atoms with Crippen molar-refractivity contribution in [1.29, 1.82) is 0 Å². The van der Waals surface area contributed by atoms with Crippen LogP contribution in [0, 0.1) is 0 Å². The summed E-state index contributed by atoms with van der Waals surface area (Å²) in [6, 6.07) is 28.9. The molecule has 0 saturated carbocycles. The molecule has 4 aromatic rings. The van der Waals surface area contributed by atoms with Crippen LogP contribution in [0.5, 0.6) is 11.5 Å². The van der Waals surface area contributed by atoms with Crippen molar-refractivity contribution in [2.24, 2.45) is 0 Å². The van der Waals surface area contributed by atoms with Gasteiger partial charge in [-0.25, -0.2) is 0 Å². The van der Waals surface area contributed by atoms with Crippen LogP contribution in [-0.2, 0) is 6.61 Å². The Bertz CT molecular complexity index is 1120. The predicted molar refractivity (Wildman–Crippen MR) is 116 cm³/mol. The fourth-order valence-corrected chi connectivity index (χ4v) is 3.05. The van der Waals surface area contributed by atoms with Crippen molar-refractivity contribution in [3.8, 4) is 11.5 Å². The lowest BCUT2D eigenvalue weighted by Gasteiger charge is -2.09. The minimum Gasteiger partial charge on any atom is -0.497 e. The molecule has 0 aliphatic carbocycles. The van der Waals surface area contributed by atoms with Gasteiger partial charge in [0, 0.05) is 11.3 Å². The van der Waals surface area contributed by atoms with E-state index in [1.54, 1.807) is 19.2 Å². The number of amides is 1. The SMILES string of the molecule is COc1ccc(NC(=O)c2ccc(COc3ccc4ccccc4c3)cc2)cc1. The van der Waals surface area contributed by atoms with Gasteiger partial charge < -0.3 is 14.8 Å². The molecule has 0 aliphatic heterocycles. The van der Waals surface area contributed by atoms with Crippen LogP contribution in [0.25, 0.3) is 10.8 Å². The molecule has 0 aliphatic rings. The molecular formula is C25H21NO3. The summed E-state index contributed by atoms with van der Waals surface area (Å²) in [6.07, 6.45) is 0. The Labute approximate surface area is 169 Å². The zero-order valence-electron chi connectivity index (χ0n) is 16.1. The van der Waals surface area contributed by atoms with Crippen LogP contribution in [0.15, 0.2) is 91.0 Å². The molecule has 0 saturated heterocycles. The molecule has 0 unspecified atom stereocenters. The molecule has 144 valence electrons. The summed E-state index contributed by atoms with van der Waals surface area (Å²) < 4.78 is 11.0. The zero-order valence-corrected chi connectivity index (χ0v) is 16.1. The van der Waals surface area contributed by atoms with Crippen LogP contribution in [0.1, 0.15) is 15.9 Å². The van der Waals surface area contributed by atoms with E-state index in [-0.39, 0.29) is 5.91 Å². The first-order valence-electron chi connectivity index (χ1n) is 9.37. The first-order chi connectivity index (χ1) is 14.2. The number of anilines is 1. The van der Waals surface area contributed by atoms with Crippen molar-refractivity contribution in [2.75, 3.05) is 12.4 Å². The van der Waals surface area contributed by atoms with Gasteiger partial charge in [0.05, 0.1) is 7.11 Å². The molecule has 4 aromatic carbocycles. The Hall–Kier alpha value is -3.79. The maximum Gasteiger partial charge on any atom is 0.255 e. The summed E-state index contributed by atoms with van der Waals surface area (Å²) in [6.45, 7) is 0.443. The second-order valence-corrected chi connectivity index (χ2v) is 6.68. The van der Waals surface area contributed by atoms with Crippen molar-refractivity contribution in [2.45, 2.75) is 6.61 Å². The molecule has 0 aromatic heterocycles. The monoisotopic (exact) mass is 383 g/mol. The van der Waals surface area contributed by atoms with E-state index in [2.05, 4.69) is 23.5 Å². The lowest BCUT2D eigenvalue weighted by Crippen LogP contribution is -2.11. The van der Waals surface area contributed by atoms with Gasteiger partial charge in [0.15, 0.2) is 0 Å². The Kier molecular flexibility index (Phi) is 5.43. The third-order valence-electron chi connectivity index (χ3n) is 4.69. The highest BCUT2D eigenvalue weighted by Crippen LogP contribution is 2.21. The lowest BCUT2D eigenvalue weighted by molar-refractivity contribution is 0.102. The van der Waals surface area contributed by atoms with Crippen LogP contribution in [0.2, 0.25) is 0 Å². The van der Waals surface area contributed by atoms with Gasteiger partial charge in [-0.3, -0.25) is 4.79 Å². The Balaban J connectivity index is 1.37. The summed E-state index contributed by atoms with van der Waals surface area (Å²) in [4.78, 5) is 12.4. The van der Waals surface area contributed by atoms with Gasteiger partial charge in [0.1, 0.15) is 18.1 Å². The fraction of sp³-hybridized carbons (Fsp3) is 0.0800. The van der Waals surface area contributed by atoms with E-state index in [0.29, 0.717) is 12.2 Å². The second-order valence-electron chi connectivity index (χ2n) is 6.68. The number of hydrogen-bond acceptors (Lipinski definition) is 3.